The fourth-order valence-corrected chi connectivity index (χ4v) is 2.19. The minimum absolute atomic E-state index is 1.06. The number of aromatic nitrogens is 1. The van der Waals surface area contributed by atoms with Gasteiger partial charge < -0.3 is 0 Å². The summed E-state index contributed by atoms with van der Waals surface area (Å²) >= 11 is 4.41. The normalized spacial score (nSPS) is 11.0. The molecular formula is C11H13NS. The Morgan fingerprint density at radius 2 is 2.15 bits per heavy atom. The van der Waals surface area contributed by atoms with Crippen LogP contribution in [0.5, 0.6) is 0 Å². The molecule has 0 bridgehead atoms. The van der Waals surface area contributed by atoms with Crippen LogP contribution in [0.15, 0.2) is 24.4 Å². The predicted molar refractivity (Wildman–Crippen MR) is 60.4 cm³/mol. The van der Waals surface area contributed by atoms with Crippen LogP contribution < -0.4 is 0 Å². The van der Waals surface area contributed by atoms with Gasteiger partial charge in [-0.1, -0.05) is 37.9 Å². The maximum atomic E-state index is 4.41. The number of benzene rings is 1. The zero-order chi connectivity index (χ0) is 9.42. The van der Waals surface area contributed by atoms with E-state index in [2.05, 4.69) is 51.1 Å². The molecule has 0 aliphatic rings. The van der Waals surface area contributed by atoms with Crippen molar-refractivity contribution in [2.45, 2.75) is 20.3 Å². The average molecular weight is 191 g/mol. The molecule has 1 aromatic carbocycles. The Labute approximate surface area is 83.9 Å². The van der Waals surface area contributed by atoms with E-state index in [1.165, 1.54) is 22.0 Å². The number of thiol groups is 1. The number of para-hydroxylation sites is 1. The van der Waals surface area contributed by atoms with Crippen molar-refractivity contribution in [1.29, 1.82) is 0 Å². The van der Waals surface area contributed by atoms with E-state index in [1.807, 2.05) is 3.97 Å². The van der Waals surface area contributed by atoms with Gasteiger partial charge in [0.25, 0.3) is 0 Å². The third-order valence-corrected chi connectivity index (χ3v) is 2.79. The van der Waals surface area contributed by atoms with E-state index in [-0.39, 0.29) is 0 Å². The first kappa shape index (κ1) is 8.70. The third-order valence-electron chi connectivity index (χ3n) is 2.47. The predicted octanol–water partition coefficient (Wildman–Crippen LogP) is 3.21. The van der Waals surface area contributed by atoms with Gasteiger partial charge in [-0.3, -0.25) is 3.97 Å². The molecule has 1 nitrogen and oxygen atoms in total. The maximum Gasteiger partial charge on any atom is 0.0620 e. The van der Waals surface area contributed by atoms with Crippen LogP contribution >= 0.6 is 12.8 Å². The Morgan fingerprint density at radius 1 is 1.38 bits per heavy atom. The topological polar surface area (TPSA) is 4.93 Å². The first-order valence-electron chi connectivity index (χ1n) is 4.53. The van der Waals surface area contributed by atoms with Gasteiger partial charge >= 0.3 is 0 Å². The third kappa shape index (κ3) is 1.25. The van der Waals surface area contributed by atoms with Crippen LogP contribution in [0.2, 0.25) is 0 Å². The number of hydrogen-bond acceptors (Lipinski definition) is 1. The Morgan fingerprint density at radius 3 is 2.85 bits per heavy atom. The largest absolute Gasteiger partial charge is 0.293 e. The fourth-order valence-electron chi connectivity index (χ4n) is 1.79. The monoisotopic (exact) mass is 191 g/mol. The highest BCUT2D eigenvalue weighted by Crippen LogP contribution is 2.25. The molecule has 2 heteroatoms. The van der Waals surface area contributed by atoms with Crippen LogP contribution in [0, 0.1) is 6.92 Å². The van der Waals surface area contributed by atoms with Gasteiger partial charge in [-0.15, -0.1) is 0 Å². The average Bonchev–Trinajstić information content (AvgIpc) is 2.44. The van der Waals surface area contributed by atoms with E-state index in [1.54, 1.807) is 0 Å². The smallest absolute Gasteiger partial charge is 0.0620 e. The maximum absolute atomic E-state index is 4.41. The second-order valence-electron chi connectivity index (χ2n) is 3.32. The van der Waals surface area contributed by atoms with Gasteiger partial charge in [-0.2, -0.15) is 0 Å². The van der Waals surface area contributed by atoms with Gasteiger partial charge in [-0.25, -0.2) is 0 Å². The standard InChI is InChI=1S/C11H13NS/c1-3-9-7-12(13)11-8(2)5-4-6-10(9)11/h4-7,13H,3H2,1-2H3. The van der Waals surface area contributed by atoms with Crippen molar-refractivity contribution in [3.63, 3.8) is 0 Å². The highest BCUT2D eigenvalue weighted by Gasteiger charge is 2.06. The van der Waals surface area contributed by atoms with Crippen molar-refractivity contribution in [3.05, 3.63) is 35.5 Å². The van der Waals surface area contributed by atoms with Gasteiger partial charge in [-0.05, 0) is 24.5 Å². The summed E-state index contributed by atoms with van der Waals surface area (Å²) in [7, 11) is 0. The Kier molecular flexibility index (Phi) is 2.08. The first-order valence-corrected chi connectivity index (χ1v) is 4.93. The van der Waals surface area contributed by atoms with E-state index < -0.39 is 0 Å². The van der Waals surface area contributed by atoms with Crippen molar-refractivity contribution in [2.75, 3.05) is 0 Å². The van der Waals surface area contributed by atoms with Crippen LogP contribution in [0.1, 0.15) is 18.1 Å². The molecule has 0 unspecified atom stereocenters. The minimum Gasteiger partial charge on any atom is -0.293 e. The molecule has 0 radical (unpaired) electrons. The molecule has 68 valence electrons. The first-order chi connectivity index (χ1) is 6.24. The van der Waals surface area contributed by atoms with E-state index in [9.17, 15) is 0 Å². The zero-order valence-corrected chi connectivity index (χ0v) is 8.81. The molecule has 0 amide bonds. The van der Waals surface area contributed by atoms with Crippen LogP contribution in [0.4, 0.5) is 0 Å². The molecule has 1 heterocycles. The molecule has 0 atom stereocenters. The van der Waals surface area contributed by atoms with Gasteiger partial charge in [0.05, 0.1) is 5.52 Å². The van der Waals surface area contributed by atoms with Crippen molar-refractivity contribution in [2.24, 2.45) is 0 Å². The molecule has 13 heavy (non-hydrogen) atoms. The molecule has 0 saturated heterocycles. The van der Waals surface area contributed by atoms with E-state index in [0.29, 0.717) is 0 Å². The number of fused-ring (bicyclic) bond motifs is 1. The summed E-state index contributed by atoms with van der Waals surface area (Å²) in [4.78, 5) is 0. The molecular weight excluding hydrogens is 178 g/mol. The van der Waals surface area contributed by atoms with Crippen molar-refractivity contribution in [3.8, 4) is 0 Å². The molecule has 2 aromatic rings. The summed E-state index contributed by atoms with van der Waals surface area (Å²) in [6, 6.07) is 6.38. The van der Waals surface area contributed by atoms with Gasteiger partial charge in [0.1, 0.15) is 0 Å². The SMILES string of the molecule is CCc1cn(S)c2c(C)cccc12. The lowest BCUT2D eigenvalue weighted by molar-refractivity contribution is 1.15. The molecule has 0 aliphatic heterocycles. The lowest BCUT2D eigenvalue weighted by Gasteiger charge is -1.98. The fraction of sp³-hybridized carbons (Fsp3) is 0.273. The van der Waals surface area contributed by atoms with Crippen LogP contribution in [0.3, 0.4) is 0 Å². The van der Waals surface area contributed by atoms with Crippen molar-refractivity contribution >= 4 is 23.7 Å². The van der Waals surface area contributed by atoms with Crippen molar-refractivity contribution < 1.29 is 0 Å². The van der Waals surface area contributed by atoms with Crippen LogP contribution in [-0.2, 0) is 6.42 Å². The number of rotatable bonds is 1. The Hall–Kier alpha value is -0.890. The minimum atomic E-state index is 1.06. The van der Waals surface area contributed by atoms with E-state index in [4.69, 9.17) is 0 Å². The summed E-state index contributed by atoms with van der Waals surface area (Å²) in [5, 5.41) is 1.33. The summed E-state index contributed by atoms with van der Waals surface area (Å²) in [5.41, 5.74) is 3.89. The Balaban J connectivity index is 2.87. The zero-order valence-electron chi connectivity index (χ0n) is 7.91. The van der Waals surface area contributed by atoms with Gasteiger partial charge in [0, 0.05) is 11.6 Å². The number of aryl methyl sites for hydroxylation is 2. The molecule has 0 saturated carbocycles. The summed E-state index contributed by atoms with van der Waals surface area (Å²) in [6.45, 7) is 4.29. The molecule has 0 aliphatic carbocycles. The summed E-state index contributed by atoms with van der Waals surface area (Å²) in [6.07, 6.45) is 3.16. The molecule has 0 N–H and O–H groups in total. The van der Waals surface area contributed by atoms with E-state index >= 15 is 0 Å². The summed E-state index contributed by atoms with van der Waals surface area (Å²) in [5.74, 6) is 0. The van der Waals surface area contributed by atoms with E-state index in [0.717, 1.165) is 6.42 Å². The van der Waals surface area contributed by atoms with Gasteiger partial charge in [0.15, 0.2) is 0 Å². The molecule has 0 spiro atoms. The lowest BCUT2D eigenvalue weighted by atomic mass is 10.1. The summed E-state index contributed by atoms with van der Waals surface area (Å²) < 4.78 is 1.92. The molecule has 0 fully saturated rings. The number of nitrogens with zero attached hydrogens (tertiary/aromatic N) is 1. The molecule has 2 rings (SSSR count). The molecule has 1 aromatic heterocycles. The van der Waals surface area contributed by atoms with Crippen LogP contribution in [-0.4, -0.2) is 3.97 Å². The van der Waals surface area contributed by atoms with Gasteiger partial charge in [0.2, 0.25) is 0 Å². The Bertz CT molecular complexity index is 443. The van der Waals surface area contributed by atoms with Crippen LogP contribution in [0.25, 0.3) is 10.9 Å². The second-order valence-corrected chi connectivity index (χ2v) is 3.75. The van der Waals surface area contributed by atoms with Crippen molar-refractivity contribution in [1.82, 2.24) is 3.97 Å². The quantitative estimate of drug-likeness (QED) is 0.660. The highest BCUT2D eigenvalue weighted by atomic mass is 32.1. The highest BCUT2D eigenvalue weighted by molar-refractivity contribution is 7.78. The lowest BCUT2D eigenvalue weighted by Crippen LogP contribution is -1.80. The second kappa shape index (κ2) is 3.11. The number of hydrogen-bond donors (Lipinski definition) is 1.